The molecule has 2 aromatic carbocycles. The average molecular weight is 958 g/mol. The molecule has 10 rings (SSSR count). The normalized spacial score (nSPS) is 19.7. The zero-order valence-corrected chi connectivity index (χ0v) is 38.5. The summed E-state index contributed by atoms with van der Waals surface area (Å²) in [6.07, 6.45) is 6.32. The number of imide groups is 1. The van der Waals surface area contributed by atoms with Gasteiger partial charge in [0.15, 0.2) is 11.5 Å². The van der Waals surface area contributed by atoms with Gasteiger partial charge in [-0.2, -0.15) is 0 Å². The molecule has 358 valence electrons. The van der Waals surface area contributed by atoms with Gasteiger partial charge in [0.05, 0.1) is 34.8 Å². The predicted octanol–water partition coefficient (Wildman–Crippen LogP) is 7.99. The zero-order valence-electron chi connectivity index (χ0n) is 37.8. The number of nitrogens with two attached hydrogens (primary N) is 1. The van der Waals surface area contributed by atoms with Crippen LogP contribution < -0.4 is 26.2 Å². The number of nitrogens with one attached hydrogen (secondary N) is 2. The number of aryl methyl sites for hydroxylation is 1. The van der Waals surface area contributed by atoms with Gasteiger partial charge in [0.1, 0.15) is 5.69 Å². The maximum atomic E-state index is 16.2. The summed E-state index contributed by atoms with van der Waals surface area (Å²) in [6.45, 7) is 3.30. The molecule has 7 heterocycles. The number of carbonyl (C=O) groups excluding carboxylic acids is 4. The number of nitrogens with zero attached hydrogens (tertiary/aromatic N) is 8. The van der Waals surface area contributed by atoms with E-state index in [0.717, 1.165) is 34.5 Å². The van der Waals surface area contributed by atoms with Gasteiger partial charge >= 0.3 is 6.03 Å². The Balaban J connectivity index is 0.000000758. The van der Waals surface area contributed by atoms with Crippen LogP contribution in [-0.4, -0.2) is 111 Å². The number of urea groups is 1. The number of anilines is 4. The quantitative estimate of drug-likeness (QED) is 0.129. The van der Waals surface area contributed by atoms with Crippen LogP contribution in [0.25, 0.3) is 16.9 Å². The number of pyridine rings is 1. The number of benzene rings is 2. The van der Waals surface area contributed by atoms with Crippen LogP contribution in [0.1, 0.15) is 88.9 Å². The fourth-order valence-corrected chi connectivity index (χ4v) is 10.4. The predicted molar refractivity (Wildman–Crippen MR) is 249 cm³/mol. The first-order chi connectivity index (χ1) is 32.5. The Labute approximate surface area is 395 Å². The molecule has 1 spiro atoms. The van der Waals surface area contributed by atoms with Crippen molar-refractivity contribution < 1.29 is 36.7 Å². The molecule has 1 saturated carbocycles. The SMILES string of the molecule is CNc1cc(N2CCc3c(-c4ccc(CN5CCC6(CCN(C(=O)c7cc(C)c(Cl)c(N8CCC(=O)NC8=O)c7)CC6)C(F)(F)C5)cn4)cccc32)nn2c(C(N)=O)cnc12.FC1(F)CCCC1. The van der Waals surface area contributed by atoms with Gasteiger partial charge in [0, 0.05) is 93.5 Å². The Morgan fingerprint density at radius 2 is 1.60 bits per heavy atom. The molecule has 5 amide bonds. The third-order valence-corrected chi connectivity index (χ3v) is 14.6. The van der Waals surface area contributed by atoms with Gasteiger partial charge in [-0.1, -0.05) is 29.8 Å². The Hall–Kier alpha value is -6.34. The number of piperidine rings is 2. The molecular weight excluding hydrogens is 906 g/mol. The van der Waals surface area contributed by atoms with Crippen molar-refractivity contribution in [3.63, 3.8) is 0 Å². The van der Waals surface area contributed by atoms with Crippen molar-refractivity contribution in [1.82, 2.24) is 34.7 Å². The van der Waals surface area contributed by atoms with Crippen LogP contribution in [0, 0.1) is 12.3 Å². The van der Waals surface area contributed by atoms with Crippen LogP contribution in [0.15, 0.2) is 60.9 Å². The van der Waals surface area contributed by atoms with Crippen molar-refractivity contribution in [2.45, 2.75) is 83.1 Å². The number of carbonyl (C=O) groups is 4. The number of aromatic nitrogens is 4. The minimum atomic E-state index is -2.97. The molecule has 4 N–H and O–H groups in total. The number of hydrogen-bond donors (Lipinski definition) is 3. The number of imidazole rings is 1. The molecule has 4 aliphatic heterocycles. The molecule has 1 aliphatic carbocycles. The molecular formula is C48H52ClF4N11O4. The first-order valence-corrected chi connectivity index (χ1v) is 23.2. The minimum Gasteiger partial charge on any atom is -0.385 e. The first kappa shape index (κ1) is 46.8. The molecule has 3 aromatic heterocycles. The molecule has 3 saturated heterocycles. The van der Waals surface area contributed by atoms with Gasteiger partial charge in [-0.15, -0.1) is 5.10 Å². The Morgan fingerprint density at radius 3 is 2.25 bits per heavy atom. The second-order valence-electron chi connectivity index (χ2n) is 18.3. The summed E-state index contributed by atoms with van der Waals surface area (Å²) < 4.78 is 57.8. The van der Waals surface area contributed by atoms with Crippen molar-refractivity contribution >= 4 is 63.9 Å². The van der Waals surface area contributed by atoms with Crippen LogP contribution in [0.5, 0.6) is 0 Å². The highest BCUT2D eigenvalue weighted by molar-refractivity contribution is 6.35. The highest BCUT2D eigenvalue weighted by Gasteiger charge is 2.57. The molecule has 0 unspecified atom stereocenters. The standard InChI is InChI=1S/C43H44ClF2N11O4.C5H8F2/c1-25-18-27(19-33(37(25)44)56-14-9-36(58)51-41(56)61)40(60)54-16-11-42(12-17-54)10-15-53(24-43(42,45)46)23-26-6-7-30(49-21-26)28-4-3-5-32-29(28)8-13-55(32)35-20-31(48-2)39-50-22-34(38(47)59)57(39)52-35;6-5(7)3-1-2-4-5/h3-7,18-22,48H,8-17,23-24H2,1-2H3,(H2,47,59)(H,51,58,61);1-4H2. The van der Waals surface area contributed by atoms with Crippen molar-refractivity contribution in [2.75, 3.05) is 61.4 Å². The lowest BCUT2D eigenvalue weighted by Crippen LogP contribution is -2.59. The number of primary amides is 1. The molecule has 5 aromatic rings. The van der Waals surface area contributed by atoms with E-state index in [0.29, 0.717) is 77.9 Å². The maximum absolute atomic E-state index is 16.2. The van der Waals surface area contributed by atoms with Crippen LogP contribution >= 0.6 is 11.6 Å². The summed E-state index contributed by atoms with van der Waals surface area (Å²) in [5, 5.41) is 10.4. The van der Waals surface area contributed by atoms with Crippen LogP contribution in [0.2, 0.25) is 5.02 Å². The number of hydrogen-bond acceptors (Lipinski definition) is 10. The van der Waals surface area contributed by atoms with E-state index in [-0.39, 0.29) is 75.8 Å². The fraction of sp³-hybridized carbons (Fsp3) is 0.438. The first-order valence-electron chi connectivity index (χ1n) is 22.9. The van der Waals surface area contributed by atoms with Crippen LogP contribution in [0.4, 0.5) is 45.2 Å². The second kappa shape index (κ2) is 18.3. The molecule has 68 heavy (non-hydrogen) atoms. The Morgan fingerprint density at radius 1 is 0.868 bits per heavy atom. The summed E-state index contributed by atoms with van der Waals surface area (Å²) in [4.78, 5) is 66.0. The summed E-state index contributed by atoms with van der Waals surface area (Å²) in [6, 6.07) is 14.4. The van der Waals surface area contributed by atoms with Gasteiger partial charge in [0.2, 0.25) is 11.8 Å². The maximum Gasteiger partial charge on any atom is 0.328 e. The number of likely N-dealkylation sites (tertiary alicyclic amines) is 2. The van der Waals surface area contributed by atoms with Crippen molar-refractivity contribution in [3.05, 3.63) is 93.9 Å². The highest BCUT2D eigenvalue weighted by atomic mass is 35.5. The van der Waals surface area contributed by atoms with E-state index in [1.165, 1.54) is 21.7 Å². The van der Waals surface area contributed by atoms with Gasteiger partial charge < -0.3 is 20.9 Å². The van der Waals surface area contributed by atoms with Gasteiger partial charge in [-0.25, -0.2) is 31.9 Å². The zero-order chi connectivity index (χ0) is 48.1. The van der Waals surface area contributed by atoms with Gasteiger partial charge in [-0.05, 0) is 92.9 Å². The highest BCUT2D eigenvalue weighted by Crippen LogP contribution is 2.51. The third kappa shape index (κ3) is 8.93. The van der Waals surface area contributed by atoms with E-state index in [1.54, 1.807) is 36.0 Å². The molecule has 5 aliphatic rings. The lowest BCUT2D eigenvalue weighted by molar-refractivity contribution is -0.186. The lowest BCUT2D eigenvalue weighted by atomic mass is 9.68. The van der Waals surface area contributed by atoms with Crippen molar-refractivity contribution in [3.8, 4) is 11.3 Å². The third-order valence-electron chi connectivity index (χ3n) is 14.1. The van der Waals surface area contributed by atoms with E-state index < -0.39 is 29.2 Å². The van der Waals surface area contributed by atoms with E-state index in [1.807, 2.05) is 36.4 Å². The number of fused-ring (bicyclic) bond motifs is 2. The minimum absolute atomic E-state index is 0.103. The van der Waals surface area contributed by atoms with E-state index in [2.05, 4.69) is 20.5 Å². The molecule has 0 radical (unpaired) electrons. The monoisotopic (exact) mass is 957 g/mol. The average Bonchev–Trinajstić information content (AvgIpc) is 4.07. The van der Waals surface area contributed by atoms with Gasteiger partial charge in [-0.3, -0.25) is 34.5 Å². The van der Waals surface area contributed by atoms with Crippen LogP contribution in [0.3, 0.4) is 0 Å². The summed E-state index contributed by atoms with van der Waals surface area (Å²) in [5.74, 6) is -5.97. The smallest absolute Gasteiger partial charge is 0.328 e. The second-order valence-corrected chi connectivity index (χ2v) is 18.7. The lowest BCUT2D eigenvalue weighted by Gasteiger charge is -2.51. The number of halogens is 5. The van der Waals surface area contributed by atoms with E-state index in [4.69, 9.17) is 27.4 Å². The topological polar surface area (TPSA) is 174 Å². The Kier molecular flexibility index (Phi) is 12.6. The molecule has 15 nitrogen and oxygen atoms in total. The summed E-state index contributed by atoms with van der Waals surface area (Å²) >= 11 is 6.54. The van der Waals surface area contributed by atoms with Gasteiger partial charge in [0.25, 0.3) is 17.7 Å². The summed E-state index contributed by atoms with van der Waals surface area (Å²) in [7, 11) is 1.78. The Bertz CT molecular complexity index is 2790. The van der Waals surface area contributed by atoms with E-state index in [9.17, 15) is 28.0 Å². The summed E-state index contributed by atoms with van der Waals surface area (Å²) in [5.41, 5.74) is 11.6. The number of amides is 5. The number of rotatable bonds is 8. The number of alkyl halides is 4. The van der Waals surface area contributed by atoms with Crippen molar-refractivity contribution in [2.24, 2.45) is 11.1 Å². The fourth-order valence-electron chi connectivity index (χ4n) is 10.2. The largest absolute Gasteiger partial charge is 0.385 e. The molecule has 4 fully saturated rings. The van der Waals surface area contributed by atoms with Crippen LogP contribution in [-0.2, 0) is 17.8 Å². The van der Waals surface area contributed by atoms with Crippen molar-refractivity contribution in [1.29, 1.82) is 0 Å². The molecule has 0 atom stereocenters. The molecule has 0 bridgehead atoms. The van der Waals surface area contributed by atoms with E-state index >= 15 is 8.78 Å². The molecule has 20 heteroatoms.